The third-order valence-electron chi connectivity index (χ3n) is 2.80. The molecule has 1 aromatic heterocycles. The number of rotatable bonds is 4. The lowest BCUT2D eigenvalue weighted by Crippen LogP contribution is -2.15. The summed E-state index contributed by atoms with van der Waals surface area (Å²) in [5, 5.41) is 23.7. The molecule has 1 aromatic carbocycles. The topological polar surface area (TPSA) is 114 Å². The van der Waals surface area contributed by atoms with Gasteiger partial charge in [0, 0.05) is 5.69 Å². The molecular weight excluding hydrogens is 292 g/mol. The number of nitrogens with zero attached hydrogens (tertiary/aromatic N) is 4. The Balaban J connectivity index is 2.23. The fourth-order valence-electron chi connectivity index (χ4n) is 1.77. The van der Waals surface area contributed by atoms with E-state index in [2.05, 4.69) is 20.8 Å². The molecule has 2 aromatic rings. The van der Waals surface area contributed by atoms with E-state index in [0.29, 0.717) is 17.1 Å². The highest BCUT2D eigenvalue weighted by Gasteiger charge is 2.11. The molecule has 0 saturated carbocycles. The van der Waals surface area contributed by atoms with Gasteiger partial charge >= 0.3 is 0 Å². The Hall–Kier alpha value is -3.71. The molecule has 0 bridgehead atoms. The molecule has 0 aliphatic heterocycles. The van der Waals surface area contributed by atoms with Crippen molar-refractivity contribution in [3.8, 4) is 12.1 Å². The van der Waals surface area contributed by atoms with Gasteiger partial charge in [0.25, 0.3) is 5.91 Å². The van der Waals surface area contributed by atoms with Gasteiger partial charge in [0.1, 0.15) is 18.0 Å². The smallest absolute Gasteiger partial charge is 0.258 e. The molecule has 0 saturated heterocycles. The van der Waals surface area contributed by atoms with Crippen LogP contribution < -0.4 is 10.7 Å². The van der Waals surface area contributed by atoms with E-state index in [1.165, 1.54) is 0 Å². The lowest BCUT2D eigenvalue weighted by Gasteiger charge is -2.09. The first-order chi connectivity index (χ1) is 11.1. The van der Waals surface area contributed by atoms with E-state index in [0.717, 1.165) is 5.69 Å². The van der Waals surface area contributed by atoms with Crippen molar-refractivity contribution >= 4 is 23.1 Å². The molecule has 7 heteroatoms. The van der Waals surface area contributed by atoms with E-state index in [-0.39, 0.29) is 11.6 Å². The van der Waals surface area contributed by atoms with Crippen LogP contribution in [0.4, 0.5) is 11.5 Å². The maximum absolute atomic E-state index is 12.4. The first kappa shape index (κ1) is 15.7. The number of pyridine rings is 1. The second-order valence-corrected chi connectivity index (χ2v) is 4.46. The average Bonchev–Trinajstić information content (AvgIpc) is 2.56. The number of nitrogens with one attached hydrogen (secondary N) is 2. The van der Waals surface area contributed by atoms with Crippen molar-refractivity contribution in [2.75, 3.05) is 10.7 Å². The standard InChI is InChI=1S/C16H12N6O/c1-11-5-4-8-15(19-11)20-16(23)13-6-2-3-7-14(13)22-21-12(9-17)10-18/h2-8,22H,1H3,(H,19,20,23). The first-order valence-corrected chi connectivity index (χ1v) is 6.62. The Morgan fingerprint density at radius 1 is 1.13 bits per heavy atom. The van der Waals surface area contributed by atoms with Crippen molar-refractivity contribution < 1.29 is 4.79 Å². The molecule has 0 spiro atoms. The van der Waals surface area contributed by atoms with Crippen LogP contribution in [0.2, 0.25) is 0 Å². The van der Waals surface area contributed by atoms with Crippen LogP contribution in [0, 0.1) is 29.6 Å². The summed E-state index contributed by atoms with van der Waals surface area (Å²) >= 11 is 0. The molecule has 112 valence electrons. The summed E-state index contributed by atoms with van der Waals surface area (Å²) in [5.41, 5.74) is 3.70. The van der Waals surface area contributed by atoms with Crippen molar-refractivity contribution in [2.45, 2.75) is 6.92 Å². The number of hydrazone groups is 1. The second-order valence-electron chi connectivity index (χ2n) is 4.46. The zero-order valence-corrected chi connectivity index (χ0v) is 12.2. The average molecular weight is 304 g/mol. The lowest BCUT2D eigenvalue weighted by molar-refractivity contribution is 0.102. The monoisotopic (exact) mass is 304 g/mol. The van der Waals surface area contributed by atoms with Crippen LogP contribution in [0.5, 0.6) is 0 Å². The third-order valence-corrected chi connectivity index (χ3v) is 2.80. The minimum absolute atomic E-state index is 0.315. The molecule has 0 radical (unpaired) electrons. The van der Waals surface area contributed by atoms with Gasteiger partial charge < -0.3 is 5.32 Å². The Kier molecular flexibility index (Phi) is 5.00. The molecule has 0 aliphatic rings. The molecule has 7 nitrogen and oxygen atoms in total. The number of aryl methyl sites for hydroxylation is 1. The van der Waals surface area contributed by atoms with Crippen LogP contribution in [-0.2, 0) is 0 Å². The van der Waals surface area contributed by atoms with E-state index < -0.39 is 0 Å². The van der Waals surface area contributed by atoms with Gasteiger partial charge in [0.2, 0.25) is 5.71 Å². The minimum Gasteiger partial charge on any atom is -0.306 e. The number of benzene rings is 1. The normalized spacial score (nSPS) is 9.17. The number of anilines is 2. The summed E-state index contributed by atoms with van der Waals surface area (Å²) in [6.45, 7) is 1.82. The van der Waals surface area contributed by atoms with E-state index in [1.54, 1.807) is 48.5 Å². The Morgan fingerprint density at radius 2 is 1.87 bits per heavy atom. The van der Waals surface area contributed by atoms with E-state index in [9.17, 15) is 4.79 Å². The molecule has 23 heavy (non-hydrogen) atoms. The van der Waals surface area contributed by atoms with Crippen molar-refractivity contribution in [1.29, 1.82) is 10.5 Å². The summed E-state index contributed by atoms with van der Waals surface area (Å²) in [6, 6.07) is 15.2. The molecule has 1 heterocycles. The molecule has 1 amide bonds. The number of carbonyl (C=O) groups excluding carboxylic acids is 1. The largest absolute Gasteiger partial charge is 0.306 e. The molecule has 0 fully saturated rings. The molecule has 2 rings (SSSR count). The minimum atomic E-state index is -0.378. The number of aromatic nitrogens is 1. The van der Waals surface area contributed by atoms with Crippen LogP contribution in [0.1, 0.15) is 16.1 Å². The van der Waals surface area contributed by atoms with Gasteiger partial charge in [-0.3, -0.25) is 10.2 Å². The zero-order chi connectivity index (χ0) is 16.7. The highest BCUT2D eigenvalue weighted by Crippen LogP contribution is 2.17. The third kappa shape index (κ3) is 4.13. The quantitative estimate of drug-likeness (QED) is 0.665. The summed E-state index contributed by atoms with van der Waals surface area (Å²) in [5.74, 6) is 0.0555. The Labute approximate surface area is 132 Å². The van der Waals surface area contributed by atoms with Crippen molar-refractivity contribution in [1.82, 2.24) is 4.98 Å². The number of para-hydroxylation sites is 1. The number of amides is 1. The fourth-order valence-corrected chi connectivity index (χ4v) is 1.77. The molecule has 0 unspecified atom stereocenters. The summed E-state index contributed by atoms with van der Waals surface area (Å²) in [6.07, 6.45) is 0. The highest BCUT2D eigenvalue weighted by molar-refractivity contribution is 6.11. The van der Waals surface area contributed by atoms with Crippen molar-refractivity contribution in [2.24, 2.45) is 5.10 Å². The fraction of sp³-hybridized carbons (Fsp3) is 0.0625. The zero-order valence-electron chi connectivity index (χ0n) is 12.2. The Bertz CT molecular complexity index is 828. The van der Waals surface area contributed by atoms with Gasteiger partial charge in [-0.15, -0.1) is 0 Å². The van der Waals surface area contributed by atoms with Gasteiger partial charge in [-0.1, -0.05) is 18.2 Å². The maximum Gasteiger partial charge on any atom is 0.258 e. The van der Waals surface area contributed by atoms with E-state index >= 15 is 0 Å². The SMILES string of the molecule is Cc1cccc(NC(=O)c2ccccc2NN=C(C#N)C#N)n1. The van der Waals surface area contributed by atoms with Gasteiger partial charge in [-0.2, -0.15) is 15.6 Å². The Morgan fingerprint density at radius 3 is 2.57 bits per heavy atom. The second kappa shape index (κ2) is 7.34. The van der Waals surface area contributed by atoms with E-state index in [1.807, 2.05) is 13.0 Å². The predicted octanol–water partition coefficient (Wildman–Crippen LogP) is 2.46. The van der Waals surface area contributed by atoms with Crippen molar-refractivity contribution in [3.05, 3.63) is 53.7 Å². The molecular formula is C16H12N6O. The van der Waals surface area contributed by atoms with Crippen molar-refractivity contribution in [3.63, 3.8) is 0 Å². The molecule has 0 aliphatic carbocycles. The number of hydrogen-bond donors (Lipinski definition) is 2. The summed E-state index contributed by atoms with van der Waals surface area (Å²) in [4.78, 5) is 16.6. The van der Waals surface area contributed by atoms with Crippen LogP contribution in [-0.4, -0.2) is 16.6 Å². The van der Waals surface area contributed by atoms with Gasteiger partial charge in [-0.05, 0) is 31.2 Å². The first-order valence-electron chi connectivity index (χ1n) is 6.62. The molecule has 0 atom stereocenters. The predicted molar refractivity (Wildman–Crippen MR) is 85.7 cm³/mol. The summed E-state index contributed by atoms with van der Waals surface area (Å²) in [7, 11) is 0. The highest BCUT2D eigenvalue weighted by atomic mass is 16.1. The van der Waals surface area contributed by atoms with E-state index in [4.69, 9.17) is 10.5 Å². The van der Waals surface area contributed by atoms with Crippen LogP contribution >= 0.6 is 0 Å². The number of hydrogen-bond acceptors (Lipinski definition) is 6. The van der Waals surface area contributed by atoms with Crippen LogP contribution in [0.3, 0.4) is 0 Å². The van der Waals surface area contributed by atoms with Gasteiger partial charge in [0.15, 0.2) is 0 Å². The van der Waals surface area contributed by atoms with Gasteiger partial charge in [-0.25, -0.2) is 4.98 Å². The number of carbonyl (C=O) groups is 1. The lowest BCUT2D eigenvalue weighted by atomic mass is 10.1. The van der Waals surface area contributed by atoms with Crippen LogP contribution in [0.25, 0.3) is 0 Å². The maximum atomic E-state index is 12.4. The summed E-state index contributed by atoms with van der Waals surface area (Å²) < 4.78 is 0. The number of nitriles is 2. The van der Waals surface area contributed by atoms with Gasteiger partial charge in [0.05, 0.1) is 11.3 Å². The van der Waals surface area contributed by atoms with Crippen LogP contribution in [0.15, 0.2) is 47.6 Å². The molecule has 2 N–H and O–H groups in total.